The van der Waals surface area contributed by atoms with Crippen LogP contribution < -0.4 is 5.32 Å². The van der Waals surface area contributed by atoms with Gasteiger partial charge in [0, 0.05) is 28.9 Å². The van der Waals surface area contributed by atoms with Crippen molar-refractivity contribution in [3.63, 3.8) is 0 Å². The van der Waals surface area contributed by atoms with Crippen molar-refractivity contribution in [2.75, 3.05) is 23.4 Å². The van der Waals surface area contributed by atoms with E-state index in [1.165, 1.54) is 12.1 Å². The largest absolute Gasteiger partial charge is 0.383 e. The van der Waals surface area contributed by atoms with Crippen LogP contribution in [0.1, 0.15) is 6.92 Å². The van der Waals surface area contributed by atoms with Gasteiger partial charge in [-0.1, -0.05) is 19.1 Å². The number of hydrogen-bond donors (Lipinski definition) is 1. The minimum absolute atomic E-state index is 0.107. The molecule has 0 amide bonds. The molecule has 0 heterocycles. The summed E-state index contributed by atoms with van der Waals surface area (Å²) in [6, 6.07) is 5.46. The average Bonchev–Trinajstić information content (AvgIpc) is 2.38. The third-order valence-corrected chi connectivity index (χ3v) is 5.14. The number of rotatable bonds is 7. The van der Waals surface area contributed by atoms with Crippen LogP contribution in [0.5, 0.6) is 0 Å². The highest BCUT2D eigenvalue weighted by Crippen LogP contribution is 2.25. The Hall–Kier alpha value is -1.02. The standard InChI is InChI=1S/C11H15F2NO3S2/c1-2-18(15)8-7-14-9-5-3-4-6-10(9)19(16,17)11(12)13/h3-6,11,14H,2,7-8H2,1H3. The fourth-order valence-corrected chi connectivity index (χ4v) is 2.93. The van der Waals surface area contributed by atoms with Gasteiger partial charge in [-0.2, -0.15) is 8.78 Å². The van der Waals surface area contributed by atoms with Crippen LogP contribution in [0.15, 0.2) is 29.2 Å². The Morgan fingerprint density at radius 1 is 1.32 bits per heavy atom. The van der Waals surface area contributed by atoms with Crippen molar-refractivity contribution in [2.45, 2.75) is 17.6 Å². The molecular formula is C11H15F2NO3S2. The smallest absolute Gasteiger partial charge is 0.341 e. The van der Waals surface area contributed by atoms with E-state index in [-0.39, 0.29) is 12.2 Å². The molecule has 1 aromatic rings. The van der Waals surface area contributed by atoms with E-state index in [1.807, 2.05) is 0 Å². The Bertz CT molecular complexity index is 547. The van der Waals surface area contributed by atoms with Crippen molar-refractivity contribution in [1.82, 2.24) is 0 Å². The molecule has 19 heavy (non-hydrogen) atoms. The average molecular weight is 311 g/mol. The highest BCUT2D eigenvalue weighted by Gasteiger charge is 2.28. The molecule has 1 N–H and O–H groups in total. The molecule has 0 bridgehead atoms. The SMILES string of the molecule is CCS(=O)CCNc1ccccc1S(=O)(=O)C(F)F. The number of halogens is 2. The van der Waals surface area contributed by atoms with Gasteiger partial charge in [0.15, 0.2) is 0 Å². The van der Waals surface area contributed by atoms with E-state index in [2.05, 4.69) is 5.32 Å². The minimum atomic E-state index is -4.64. The second-order valence-corrected chi connectivity index (χ2v) is 7.41. The zero-order valence-electron chi connectivity index (χ0n) is 10.3. The summed E-state index contributed by atoms with van der Waals surface area (Å²) in [5.41, 5.74) is 0.107. The maximum atomic E-state index is 12.5. The Kier molecular flexibility index (Phi) is 5.86. The van der Waals surface area contributed by atoms with Gasteiger partial charge in [0.05, 0.1) is 10.6 Å². The summed E-state index contributed by atoms with van der Waals surface area (Å²) in [5, 5.41) is 2.73. The van der Waals surface area contributed by atoms with Gasteiger partial charge in [0.1, 0.15) is 0 Å². The number of alkyl halides is 2. The van der Waals surface area contributed by atoms with Crippen molar-refractivity contribution in [3.05, 3.63) is 24.3 Å². The quantitative estimate of drug-likeness (QED) is 0.835. The van der Waals surface area contributed by atoms with Crippen LogP contribution in [-0.4, -0.2) is 36.4 Å². The number of para-hydroxylation sites is 1. The Morgan fingerprint density at radius 2 is 1.95 bits per heavy atom. The van der Waals surface area contributed by atoms with Crippen molar-refractivity contribution in [3.8, 4) is 0 Å². The number of benzene rings is 1. The van der Waals surface area contributed by atoms with Gasteiger partial charge in [0.25, 0.3) is 0 Å². The summed E-state index contributed by atoms with van der Waals surface area (Å²) in [5.74, 6) is -2.63. The molecule has 0 aliphatic carbocycles. The van der Waals surface area contributed by atoms with E-state index >= 15 is 0 Å². The molecular weight excluding hydrogens is 296 g/mol. The third kappa shape index (κ3) is 4.24. The first-order valence-corrected chi connectivity index (χ1v) is 8.63. The van der Waals surface area contributed by atoms with Gasteiger partial charge in [-0.15, -0.1) is 0 Å². The van der Waals surface area contributed by atoms with Crippen molar-refractivity contribution in [1.29, 1.82) is 0 Å². The summed E-state index contributed by atoms with van der Waals surface area (Å²) in [6.45, 7) is 2.03. The molecule has 0 aliphatic heterocycles. The summed E-state index contributed by atoms with van der Waals surface area (Å²) in [7, 11) is -5.63. The van der Waals surface area contributed by atoms with Gasteiger partial charge >= 0.3 is 5.76 Å². The second kappa shape index (κ2) is 6.95. The highest BCUT2D eigenvalue weighted by molar-refractivity contribution is 7.91. The molecule has 1 unspecified atom stereocenters. The molecule has 8 heteroatoms. The first-order valence-electron chi connectivity index (χ1n) is 5.59. The molecule has 1 rings (SSSR count). The maximum absolute atomic E-state index is 12.5. The van der Waals surface area contributed by atoms with Crippen molar-refractivity contribution >= 4 is 26.3 Å². The van der Waals surface area contributed by atoms with Gasteiger partial charge < -0.3 is 5.32 Å². The van der Waals surface area contributed by atoms with E-state index in [9.17, 15) is 21.4 Å². The number of sulfone groups is 1. The molecule has 1 atom stereocenters. The van der Waals surface area contributed by atoms with Crippen LogP contribution in [0.25, 0.3) is 0 Å². The van der Waals surface area contributed by atoms with Crippen molar-refractivity contribution in [2.24, 2.45) is 0 Å². The molecule has 0 saturated carbocycles. The predicted molar refractivity (Wildman–Crippen MR) is 71.7 cm³/mol. The second-order valence-electron chi connectivity index (χ2n) is 3.66. The molecule has 0 spiro atoms. The van der Waals surface area contributed by atoms with Gasteiger partial charge in [-0.3, -0.25) is 4.21 Å². The zero-order valence-corrected chi connectivity index (χ0v) is 11.9. The molecule has 0 radical (unpaired) electrons. The summed E-state index contributed by atoms with van der Waals surface area (Å²) >= 11 is 0. The van der Waals surface area contributed by atoms with Gasteiger partial charge in [0.2, 0.25) is 9.84 Å². The van der Waals surface area contributed by atoms with Gasteiger partial charge in [-0.05, 0) is 12.1 Å². The van der Waals surface area contributed by atoms with Gasteiger partial charge in [-0.25, -0.2) is 8.42 Å². The van der Waals surface area contributed by atoms with Crippen LogP contribution in [0.3, 0.4) is 0 Å². The number of hydrogen-bond acceptors (Lipinski definition) is 4. The molecule has 0 aromatic heterocycles. The molecule has 4 nitrogen and oxygen atoms in total. The van der Waals surface area contributed by atoms with Crippen LogP contribution in [0.4, 0.5) is 14.5 Å². The van der Waals surface area contributed by atoms with E-state index in [1.54, 1.807) is 13.0 Å². The van der Waals surface area contributed by atoms with Crippen molar-refractivity contribution < 1.29 is 21.4 Å². The number of nitrogens with one attached hydrogen (secondary N) is 1. The lowest BCUT2D eigenvalue weighted by molar-refractivity contribution is 0.235. The lowest BCUT2D eigenvalue weighted by Gasteiger charge is -2.11. The van der Waals surface area contributed by atoms with E-state index in [4.69, 9.17) is 0 Å². The zero-order chi connectivity index (χ0) is 14.5. The highest BCUT2D eigenvalue weighted by atomic mass is 32.2. The Balaban J connectivity index is 2.89. The Labute approximate surface area is 113 Å². The third-order valence-electron chi connectivity index (χ3n) is 2.40. The predicted octanol–water partition coefficient (Wildman–Crippen LogP) is 1.86. The van der Waals surface area contributed by atoms with E-state index in [0.29, 0.717) is 11.5 Å². The molecule has 1 aromatic carbocycles. The Morgan fingerprint density at radius 3 is 2.53 bits per heavy atom. The van der Waals surface area contributed by atoms with Crippen LogP contribution >= 0.6 is 0 Å². The first-order chi connectivity index (χ1) is 8.89. The normalized spacial score (nSPS) is 13.5. The molecule has 0 aliphatic rings. The fourth-order valence-electron chi connectivity index (χ4n) is 1.40. The fraction of sp³-hybridized carbons (Fsp3) is 0.455. The summed E-state index contributed by atoms with van der Waals surface area (Å²) < 4.78 is 59.2. The van der Waals surface area contributed by atoms with Crippen LogP contribution in [-0.2, 0) is 20.6 Å². The van der Waals surface area contributed by atoms with Crippen LogP contribution in [0, 0.1) is 0 Å². The first kappa shape index (κ1) is 16.0. The van der Waals surface area contributed by atoms with E-state index < -0.39 is 31.3 Å². The van der Waals surface area contributed by atoms with E-state index in [0.717, 1.165) is 6.07 Å². The topological polar surface area (TPSA) is 63.2 Å². The minimum Gasteiger partial charge on any atom is -0.383 e. The summed E-state index contributed by atoms with van der Waals surface area (Å²) in [6.07, 6.45) is 0. The summed E-state index contributed by atoms with van der Waals surface area (Å²) in [4.78, 5) is -0.438. The molecule has 0 fully saturated rings. The maximum Gasteiger partial charge on any atom is 0.341 e. The molecule has 0 saturated heterocycles. The molecule has 108 valence electrons. The van der Waals surface area contributed by atoms with Crippen LogP contribution in [0.2, 0.25) is 0 Å². The lowest BCUT2D eigenvalue weighted by Crippen LogP contribution is -2.17. The monoisotopic (exact) mass is 311 g/mol. The lowest BCUT2D eigenvalue weighted by atomic mass is 10.3. The number of anilines is 1.